The van der Waals surface area contributed by atoms with E-state index in [9.17, 15) is 9.59 Å². The summed E-state index contributed by atoms with van der Waals surface area (Å²) in [6, 6.07) is 16.8. The van der Waals surface area contributed by atoms with Crippen LogP contribution in [0.1, 0.15) is 13.8 Å². The third kappa shape index (κ3) is 6.11. The monoisotopic (exact) mass is 370 g/mol. The van der Waals surface area contributed by atoms with Gasteiger partial charge in [0.1, 0.15) is 5.75 Å². The van der Waals surface area contributed by atoms with E-state index in [1.54, 1.807) is 24.1 Å². The van der Waals surface area contributed by atoms with Crippen LogP contribution in [0.25, 0.3) is 0 Å². The first-order chi connectivity index (χ1) is 12.9. The second-order valence-electron chi connectivity index (χ2n) is 6.78. The molecule has 0 aliphatic rings. The molecule has 0 bridgehead atoms. The molecule has 1 unspecified atom stereocenters. The first-order valence-corrected chi connectivity index (χ1v) is 9.03. The van der Waals surface area contributed by atoms with Gasteiger partial charge in [-0.2, -0.15) is 0 Å². The van der Waals surface area contributed by atoms with Crippen LogP contribution in [0.3, 0.4) is 0 Å². The molecule has 0 aliphatic carbocycles. The van der Waals surface area contributed by atoms with Gasteiger partial charge >= 0.3 is 0 Å². The molecule has 0 aromatic heterocycles. The zero-order valence-electron chi connectivity index (χ0n) is 16.4. The van der Waals surface area contributed by atoms with Crippen molar-refractivity contribution in [3.8, 4) is 5.75 Å². The van der Waals surface area contributed by atoms with Crippen LogP contribution in [0.2, 0.25) is 0 Å². The second kappa shape index (κ2) is 9.73. The molecule has 0 radical (unpaired) electrons. The van der Waals surface area contributed by atoms with Crippen LogP contribution >= 0.6 is 0 Å². The number of likely N-dealkylation sites (N-methyl/N-ethyl adjacent to an activating group) is 1. The number of nitrogens with one attached hydrogen (secondary N) is 2. The Bertz CT molecular complexity index is 762. The van der Waals surface area contributed by atoms with E-state index in [-0.39, 0.29) is 30.9 Å². The first-order valence-electron chi connectivity index (χ1n) is 9.03. The van der Waals surface area contributed by atoms with Crippen LogP contribution in [0.15, 0.2) is 54.6 Å². The molecule has 0 aliphatic heterocycles. The number of quaternary nitrogens is 1. The van der Waals surface area contributed by atoms with Crippen molar-refractivity contribution in [1.82, 2.24) is 0 Å². The molecule has 2 rings (SSSR count). The zero-order chi connectivity index (χ0) is 19.8. The number of para-hydroxylation sites is 1. The predicted octanol–water partition coefficient (Wildman–Crippen LogP) is 1.59. The number of benzene rings is 2. The standard InChI is InChI=1S/C21H27N3O3/c1-16(2)24(18-10-6-5-7-11-18)21(26)15-23(3)14-20(25)22-17-9-8-12-19(13-17)27-4/h5-13,16H,14-15H2,1-4H3,(H,22,25)/p+1. The molecule has 2 amide bonds. The van der Waals surface area contributed by atoms with Crippen LogP contribution in [0.4, 0.5) is 11.4 Å². The molecule has 6 nitrogen and oxygen atoms in total. The van der Waals surface area contributed by atoms with Crippen molar-refractivity contribution in [3.05, 3.63) is 54.6 Å². The minimum absolute atomic E-state index is 0.0112. The highest BCUT2D eigenvalue weighted by molar-refractivity contribution is 5.95. The Hall–Kier alpha value is -2.86. The first kappa shape index (κ1) is 20.5. The highest BCUT2D eigenvalue weighted by atomic mass is 16.5. The molecule has 6 heteroatoms. The summed E-state index contributed by atoms with van der Waals surface area (Å²) in [4.78, 5) is 27.6. The van der Waals surface area contributed by atoms with Crippen molar-refractivity contribution >= 4 is 23.2 Å². The Labute approximate surface area is 160 Å². The van der Waals surface area contributed by atoms with E-state index in [1.165, 1.54) is 0 Å². The summed E-state index contributed by atoms with van der Waals surface area (Å²) < 4.78 is 5.15. The Morgan fingerprint density at radius 2 is 1.78 bits per heavy atom. The molecule has 0 fully saturated rings. The van der Waals surface area contributed by atoms with Crippen molar-refractivity contribution < 1.29 is 19.2 Å². The summed E-state index contributed by atoms with van der Waals surface area (Å²) in [6.45, 7) is 4.40. The molecule has 0 saturated heterocycles. The van der Waals surface area contributed by atoms with Gasteiger partial charge in [-0.3, -0.25) is 9.59 Å². The Morgan fingerprint density at radius 3 is 2.41 bits per heavy atom. The Balaban J connectivity index is 1.94. The molecule has 2 N–H and O–H groups in total. The number of methoxy groups -OCH3 is 1. The third-order valence-corrected chi connectivity index (χ3v) is 4.09. The van der Waals surface area contributed by atoms with E-state index >= 15 is 0 Å². The average Bonchev–Trinajstić information content (AvgIpc) is 2.62. The maximum atomic E-state index is 12.8. The van der Waals surface area contributed by atoms with E-state index in [1.807, 2.05) is 63.4 Å². The van der Waals surface area contributed by atoms with Crippen molar-refractivity contribution in [2.24, 2.45) is 0 Å². The lowest BCUT2D eigenvalue weighted by atomic mass is 10.2. The molecule has 144 valence electrons. The van der Waals surface area contributed by atoms with Gasteiger partial charge in [0.05, 0.1) is 14.2 Å². The number of hydrogen-bond acceptors (Lipinski definition) is 3. The highest BCUT2D eigenvalue weighted by Crippen LogP contribution is 2.17. The molecular weight excluding hydrogens is 342 g/mol. The Kier molecular flexibility index (Phi) is 7.37. The van der Waals surface area contributed by atoms with Crippen molar-refractivity contribution in [3.63, 3.8) is 0 Å². The van der Waals surface area contributed by atoms with Gasteiger partial charge < -0.3 is 19.9 Å². The van der Waals surface area contributed by atoms with Gasteiger partial charge in [-0.15, -0.1) is 0 Å². The van der Waals surface area contributed by atoms with Gasteiger partial charge in [-0.1, -0.05) is 24.3 Å². The van der Waals surface area contributed by atoms with E-state index < -0.39 is 0 Å². The number of amides is 2. The van der Waals surface area contributed by atoms with E-state index in [0.717, 1.165) is 10.6 Å². The summed E-state index contributed by atoms with van der Waals surface area (Å²) in [5.74, 6) is 0.520. The van der Waals surface area contributed by atoms with Crippen LogP contribution in [-0.4, -0.2) is 45.1 Å². The smallest absolute Gasteiger partial charge is 0.282 e. The molecule has 0 saturated carbocycles. The van der Waals surface area contributed by atoms with Crippen LogP contribution in [0.5, 0.6) is 5.75 Å². The second-order valence-corrected chi connectivity index (χ2v) is 6.78. The minimum Gasteiger partial charge on any atom is -0.497 e. The lowest BCUT2D eigenvalue weighted by molar-refractivity contribution is -0.862. The summed E-state index contributed by atoms with van der Waals surface area (Å²) in [7, 11) is 3.42. The SMILES string of the molecule is COc1cccc(NC(=O)C[NH+](C)CC(=O)N(c2ccccc2)C(C)C)c1. The predicted molar refractivity (Wildman–Crippen MR) is 107 cm³/mol. The third-order valence-electron chi connectivity index (χ3n) is 4.09. The van der Waals surface area contributed by atoms with Crippen molar-refractivity contribution in [1.29, 1.82) is 0 Å². The fourth-order valence-corrected chi connectivity index (χ4v) is 2.90. The number of carbonyl (C=O) groups is 2. The van der Waals surface area contributed by atoms with E-state index in [4.69, 9.17) is 4.74 Å². The topological polar surface area (TPSA) is 63.1 Å². The number of nitrogens with zero attached hydrogens (tertiary/aromatic N) is 1. The maximum Gasteiger partial charge on any atom is 0.282 e. The van der Waals surface area contributed by atoms with Gasteiger partial charge in [0.15, 0.2) is 13.1 Å². The molecule has 2 aromatic carbocycles. The fourth-order valence-electron chi connectivity index (χ4n) is 2.90. The highest BCUT2D eigenvalue weighted by Gasteiger charge is 2.23. The van der Waals surface area contributed by atoms with Crippen LogP contribution < -0.4 is 19.9 Å². The lowest BCUT2D eigenvalue weighted by Gasteiger charge is -2.27. The van der Waals surface area contributed by atoms with E-state index in [0.29, 0.717) is 11.4 Å². The van der Waals surface area contributed by atoms with E-state index in [2.05, 4.69) is 5.32 Å². The maximum absolute atomic E-state index is 12.8. The van der Waals surface area contributed by atoms with Gasteiger partial charge in [-0.05, 0) is 38.1 Å². The minimum atomic E-state index is -0.149. The normalized spacial score (nSPS) is 11.7. The van der Waals surface area contributed by atoms with Crippen molar-refractivity contribution in [2.75, 3.05) is 37.5 Å². The van der Waals surface area contributed by atoms with Gasteiger partial charge in [0, 0.05) is 23.5 Å². The lowest BCUT2D eigenvalue weighted by Crippen LogP contribution is -3.11. The summed E-state index contributed by atoms with van der Waals surface area (Å²) in [5.41, 5.74) is 1.54. The number of carbonyl (C=O) groups excluding carboxylic acids is 2. The average molecular weight is 370 g/mol. The summed E-state index contributed by atoms with van der Waals surface area (Å²) in [6.07, 6.45) is 0. The number of hydrogen-bond donors (Lipinski definition) is 2. The number of ether oxygens (including phenoxy) is 1. The molecule has 0 spiro atoms. The fraction of sp³-hybridized carbons (Fsp3) is 0.333. The number of rotatable bonds is 8. The van der Waals surface area contributed by atoms with Gasteiger partial charge in [0.25, 0.3) is 11.8 Å². The molecule has 0 heterocycles. The Morgan fingerprint density at radius 1 is 1.07 bits per heavy atom. The van der Waals surface area contributed by atoms with Crippen LogP contribution in [0, 0.1) is 0 Å². The van der Waals surface area contributed by atoms with Crippen molar-refractivity contribution in [2.45, 2.75) is 19.9 Å². The zero-order valence-corrected chi connectivity index (χ0v) is 16.4. The largest absolute Gasteiger partial charge is 0.497 e. The molecule has 1 atom stereocenters. The van der Waals surface area contributed by atoms with Crippen LogP contribution in [-0.2, 0) is 9.59 Å². The van der Waals surface area contributed by atoms with Gasteiger partial charge in [0.2, 0.25) is 0 Å². The molecule has 27 heavy (non-hydrogen) atoms. The summed E-state index contributed by atoms with van der Waals surface area (Å²) >= 11 is 0. The molecular formula is C21H28N3O3+. The number of anilines is 2. The quantitative estimate of drug-likeness (QED) is 0.742. The summed E-state index contributed by atoms with van der Waals surface area (Å²) in [5, 5.41) is 2.84. The molecule has 2 aromatic rings. The van der Waals surface area contributed by atoms with Gasteiger partial charge in [-0.25, -0.2) is 0 Å².